The maximum atomic E-state index is 13.3. The predicted molar refractivity (Wildman–Crippen MR) is 76.1 cm³/mol. The number of aromatic nitrogens is 2. The van der Waals surface area contributed by atoms with Crippen LogP contribution in [0.4, 0.5) is 10.2 Å². The van der Waals surface area contributed by atoms with Gasteiger partial charge in [0.2, 0.25) is 6.79 Å². The maximum Gasteiger partial charge on any atom is 0.231 e. The number of pyridine rings is 1. The number of fused-ring (bicyclic) bond motifs is 2. The van der Waals surface area contributed by atoms with Gasteiger partial charge in [0.1, 0.15) is 23.0 Å². The number of nitrogens with two attached hydrogens (primary N) is 1. The van der Waals surface area contributed by atoms with Gasteiger partial charge < -0.3 is 15.2 Å². The van der Waals surface area contributed by atoms with Crippen LogP contribution < -0.4 is 15.2 Å². The fraction of sp³-hybridized carbons (Fsp3) is 0.0714. The second-order valence-corrected chi connectivity index (χ2v) is 5.02. The normalized spacial score (nSPS) is 13.0. The lowest BCUT2D eigenvalue weighted by molar-refractivity contribution is 0.174. The van der Waals surface area contributed by atoms with Crippen LogP contribution in [0.2, 0.25) is 5.02 Å². The summed E-state index contributed by atoms with van der Waals surface area (Å²) in [7, 11) is 0. The second-order valence-electron chi connectivity index (χ2n) is 4.61. The van der Waals surface area contributed by atoms with Crippen molar-refractivity contribution in [1.29, 1.82) is 0 Å². The number of benzene rings is 1. The molecular formula is C14H9ClFN3O2. The van der Waals surface area contributed by atoms with Crippen LogP contribution in [0, 0.1) is 5.82 Å². The average Bonchev–Trinajstić information content (AvgIpc) is 3.05. The lowest BCUT2D eigenvalue weighted by atomic mass is 10.1. The van der Waals surface area contributed by atoms with Gasteiger partial charge in [-0.05, 0) is 24.3 Å². The molecule has 1 aromatic carbocycles. The minimum Gasteiger partial charge on any atom is -0.454 e. The Morgan fingerprint density at radius 3 is 3.00 bits per heavy atom. The van der Waals surface area contributed by atoms with Gasteiger partial charge in [-0.25, -0.2) is 9.37 Å². The van der Waals surface area contributed by atoms with Crippen LogP contribution in [0.3, 0.4) is 0 Å². The summed E-state index contributed by atoms with van der Waals surface area (Å²) < 4.78 is 25.4. The van der Waals surface area contributed by atoms with Crippen molar-refractivity contribution in [2.45, 2.75) is 0 Å². The average molecular weight is 306 g/mol. The van der Waals surface area contributed by atoms with Crippen molar-refractivity contribution in [3.63, 3.8) is 0 Å². The highest BCUT2D eigenvalue weighted by molar-refractivity contribution is 6.32. The summed E-state index contributed by atoms with van der Waals surface area (Å²) in [5.74, 6) is 0.996. The molecule has 3 heterocycles. The molecule has 2 aromatic heterocycles. The number of imidazole rings is 1. The minimum atomic E-state index is -0.387. The van der Waals surface area contributed by atoms with E-state index < -0.39 is 0 Å². The van der Waals surface area contributed by atoms with Crippen molar-refractivity contribution in [2.75, 3.05) is 12.5 Å². The highest BCUT2D eigenvalue weighted by atomic mass is 35.5. The molecular weight excluding hydrogens is 297 g/mol. The van der Waals surface area contributed by atoms with E-state index in [2.05, 4.69) is 4.98 Å². The van der Waals surface area contributed by atoms with E-state index in [1.807, 2.05) is 0 Å². The number of anilines is 1. The topological polar surface area (TPSA) is 61.8 Å². The second kappa shape index (κ2) is 4.26. The van der Waals surface area contributed by atoms with Crippen molar-refractivity contribution in [1.82, 2.24) is 9.38 Å². The van der Waals surface area contributed by atoms with Gasteiger partial charge in [0.15, 0.2) is 11.5 Å². The largest absolute Gasteiger partial charge is 0.454 e. The zero-order chi connectivity index (χ0) is 14.6. The van der Waals surface area contributed by atoms with Gasteiger partial charge in [-0.1, -0.05) is 11.6 Å². The van der Waals surface area contributed by atoms with E-state index >= 15 is 0 Å². The Morgan fingerprint density at radius 2 is 2.14 bits per heavy atom. The number of halogens is 2. The van der Waals surface area contributed by atoms with Gasteiger partial charge in [-0.2, -0.15) is 0 Å². The number of ether oxygens (including phenoxy) is 2. The third kappa shape index (κ3) is 1.80. The van der Waals surface area contributed by atoms with Crippen molar-refractivity contribution in [3.05, 3.63) is 41.3 Å². The summed E-state index contributed by atoms with van der Waals surface area (Å²) in [6.07, 6.45) is 1.29. The van der Waals surface area contributed by atoms with Crippen LogP contribution in [0.15, 0.2) is 30.5 Å². The van der Waals surface area contributed by atoms with E-state index in [4.69, 9.17) is 26.8 Å². The Balaban J connectivity index is 1.95. The van der Waals surface area contributed by atoms with Crippen LogP contribution in [-0.2, 0) is 0 Å². The lowest BCUT2D eigenvalue weighted by Crippen LogP contribution is -1.95. The van der Waals surface area contributed by atoms with Gasteiger partial charge in [-0.3, -0.25) is 4.40 Å². The molecule has 0 amide bonds. The molecule has 2 N–H and O–H groups in total. The van der Waals surface area contributed by atoms with Crippen molar-refractivity contribution in [2.24, 2.45) is 0 Å². The molecule has 4 rings (SSSR count). The number of hydrogen-bond donors (Lipinski definition) is 1. The van der Waals surface area contributed by atoms with Gasteiger partial charge in [-0.15, -0.1) is 0 Å². The molecule has 1 aliphatic heterocycles. The molecule has 0 radical (unpaired) electrons. The first-order chi connectivity index (χ1) is 10.1. The SMILES string of the molecule is Nc1c(-c2cc(Cl)c3c(c2)OCO3)nc2ccc(F)cn12. The van der Waals surface area contributed by atoms with E-state index in [0.717, 1.165) is 0 Å². The zero-order valence-corrected chi connectivity index (χ0v) is 11.4. The first kappa shape index (κ1) is 12.3. The van der Waals surface area contributed by atoms with Crippen LogP contribution in [0.25, 0.3) is 16.9 Å². The molecule has 21 heavy (non-hydrogen) atoms. The highest BCUT2D eigenvalue weighted by Crippen LogP contribution is 2.43. The summed E-state index contributed by atoms with van der Waals surface area (Å²) in [6.45, 7) is 0.129. The van der Waals surface area contributed by atoms with Crippen molar-refractivity contribution >= 4 is 23.1 Å². The maximum absolute atomic E-state index is 13.3. The molecule has 0 atom stereocenters. The molecule has 0 saturated heterocycles. The number of nitrogen functional groups attached to an aromatic ring is 1. The zero-order valence-electron chi connectivity index (χ0n) is 10.6. The van der Waals surface area contributed by atoms with Crippen LogP contribution in [-0.4, -0.2) is 16.2 Å². The van der Waals surface area contributed by atoms with Crippen molar-refractivity contribution < 1.29 is 13.9 Å². The number of nitrogens with zero attached hydrogens (tertiary/aromatic N) is 2. The monoisotopic (exact) mass is 305 g/mol. The number of hydrogen-bond acceptors (Lipinski definition) is 4. The van der Waals surface area contributed by atoms with Crippen LogP contribution in [0.1, 0.15) is 0 Å². The van der Waals surface area contributed by atoms with Gasteiger partial charge in [0.25, 0.3) is 0 Å². The van der Waals surface area contributed by atoms with E-state index in [0.29, 0.717) is 39.2 Å². The molecule has 1 aliphatic rings. The Bertz CT molecular complexity index is 878. The van der Waals surface area contributed by atoms with E-state index in [1.54, 1.807) is 18.2 Å². The summed E-state index contributed by atoms with van der Waals surface area (Å²) in [4.78, 5) is 4.41. The van der Waals surface area contributed by atoms with Crippen LogP contribution in [0.5, 0.6) is 11.5 Å². The van der Waals surface area contributed by atoms with Gasteiger partial charge in [0.05, 0.1) is 5.02 Å². The van der Waals surface area contributed by atoms with Gasteiger partial charge in [0, 0.05) is 11.8 Å². The Hall–Kier alpha value is -2.47. The third-order valence-electron chi connectivity index (χ3n) is 3.32. The van der Waals surface area contributed by atoms with Crippen LogP contribution >= 0.6 is 11.6 Å². The summed E-state index contributed by atoms with van der Waals surface area (Å²) in [5.41, 5.74) is 7.81. The van der Waals surface area contributed by atoms with E-state index in [-0.39, 0.29) is 12.6 Å². The fourth-order valence-electron chi connectivity index (χ4n) is 2.35. The molecule has 0 fully saturated rings. The summed E-state index contributed by atoms with van der Waals surface area (Å²) in [6, 6.07) is 6.34. The van der Waals surface area contributed by atoms with E-state index in [9.17, 15) is 4.39 Å². The molecule has 3 aromatic rings. The first-order valence-corrected chi connectivity index (χ1v) is 6.54. The first-order valence-electron chi connectivity index (χ1n) is 6.16. The fourth-order valence-corrected chi connectivity index (χ4v) is 2.62. The number of rotatable bonds is 1. The molecule has 7 heteroatoms. The molecule has 0 saturated carbocycles. The standard InChI is InChI=1S/C14H9ClFN3O2/c15-9-3-7(4-10-13(9)21-6-20-10)12-14(17)19-5-8(16)1-2-11(19)18-12/h1-5H,6,17H2. The third-order valence-corrected chi connectivity index (χ3v) is 3.60. The van der Waals surface area contributed by atoms with E-state index in [1.165, 1.54) is 16.7 Å². The van der Waals surface area contributed by atoms with Crippen molar-refractivity contribution in [3.8, 4) is 22.8 Å². The molecule has 5 nitrogen and oxygen atoms in total. The predicted octanol–water partition coefficient (Wildman–Crippen LogP) is 3.10. The molecule has 0 unspecified atom stereocenters. The summed E-state index contributed by atoms with van der Waals surface area (Å²) >= 11 is 6.16. The smallest absolute Gasteiger partial charge is 0.231 e. The molecule has 0 bridgehead atoms. The van der Waals surface area contributed by atoms with Gasteiger partial charge >= 0.3 is 0 Å². The summed E-state index contributed by atoms with van der Waals surface area (Å²) in [5, 5.41) is 0.419. The lowest BCUT2D eigenvalue weighted by Gasteiger charge is -2.04. The molecule has 0 spiro atoms. The Morgan fingerprint density at radius 1 is 1.29 bits per heavy atom. The quantitative estimate of drug-likeness (QED) is 0.750. The Kier molecular flexibility index (Phi) is 2.49. The highest BCUT2D eigenvalue weighted by Gasteiger charge is 2.21. The minimum absolute atomic E-state index is 0.129. The molecule has 106 valence electrons. The Labute approximate surface area is 123 Å². The molecule has 0 aliphatic carbocycles.